The maximum absolute atomic E-state index is 13.5. The highest BCUT2D eigenvalue weighted by Crippen LogP contribution is 2.34. The number of imidazole rings is 1. The molecule has 1 aliphatic rings. The lowest BCUT2D eigenvalue weighted by atomic mass is 9.94. The Morgan fingerprint density at radius 3 is 2.40 bits per heavy atom. The smallest absolute Gasteiger partial charge is 0.347 e. The van der Waals surface area contributed by atoms with Crippen molar-refractivity contribution in [2.45, 2.75) is 23.2 Å². The number of carbonyl (C=O) groups is 1. The predicted octanol–water partition coefficient (Wildman–Crippen LogP) is 3.82. The van der Waals surface area contributed by atoms with Crippen LogP contribution in [0.2, 0.25) is 5.02 Å². The van der Waals surface area contributed by atoms with E-state index in [1.54, 1.807) is 7.05 Å². The largest absolute Gasteiger partial charge is 0.416 e. The zero-order chi connectivity index (χ0) is 25.5. The summed E-state index contributed by atoms with van der Waals surface area (Å²) in [5.74, 6) is -1.81. The minimum Gasteiger partial charge on any atom is -0.347 e. The molecule has 2 atom stereocenters. The van der Waals surface area contributed by atoms with E-state index in [4.69, 9.17) is 11.6 Å². The number of hydrogen-bond acceptors (Lipinski definition) is 4. The first-order valence-corrected chi connectivity index (χ1v) is 12.1. The molecule has 1 amide bonds. The fourth-order valence-corrected chi connectivity index (χ4v) is 5.66. The zero-order valence-electron chi connectivity index (χ0n) is 18.1. The van der Waals surface area contributed by atoms with Gasteiger partial charge in [-0.3, -0.25) is 4.79 Å². The van der Waals surface area contributed by atoms with E-state index < -0.39 is 50.5 Å². The van der Waals surface area contributed by atoms with Crippen molar-refractivity contribution in [3.63, 3.8) is 0 Å². The van der Waals surface area contributed by atoms with Gasteiger partial charge in [-0.15, -0.1) is 0 Å². The summed E-state index contributed by atoms with van der Waals surface area (Å²) in [6.07, 6.45) is -1.94. The number of hydrogen-bond donors (Lipinski definition) is 1. The predicted molar refractivity (Wildman–Crippen MR) is 119 cm³/mol. The number of alkyl halides is 3. The molecular formula is C22H19ClF4N4O3S. The Bertz CT molecular complexity index is 1360. The topological polar surface area (TPSA) is 84.3 Å². The van der Waals surface area contributed by atoms with Gasteiger partial charge in [0, 0.05) is 32.3 Å². The molecule has 1 aromatic heterocycles. The average molecular weight is 531 g/mol. The fourth-order valence-electron chi connectivity index (χ4n) is 3.93. The summed E-state index contributed by atoms with van der Waals surface area (Å²) in [7, 11) is -2.39. The maximum Gasteiger partial charge on any atom is 0.416 e. The van der Waals surface area contributed by atoms with E-state index in [-0.39, 0.29) is 23.7 Å². The number of nitrogens with one attached hydrogen (secondary N) is 1. The summed E-state index contributed by atoms with van der Waals surface area (Å²) in [6.45, 7) is -0.166. The van der Waals surface area contributed by atoms with E-state index in [0.717, 1.165) is 16.4 Å². The maximum atomic E-state index is 13.5. The monoisotopic (exact) mass is 530 g/mol. The number of aromatic nitrogens is 2. The Morgan fingerprint density at radius 2 is 1.83 bits per heavy atom. The van der Waals surface area contributed by atoms with Gasteiger partial charge in [0.1, 0.15) is 5.82 Å². The molecule has 0 bridgehead atoms. The molecule has 1 N–H and O–H groups in total. The summed E-state index contributed by atoms with van der Waals surface area (Å²) in [6, 6.07) is 7.00. The minimum atomic E-state index is -4.63. The van der Waals surface area contributed by atoms with Crippen molar-refractivity contribution in [2.24, 2.45) is 7.05 Å². The molecule has 2 heterocycles. The number of sulfonamides is 1. The number of nitrogens with zero attached hydrogens (tertiary/aromatic N) is 3. The minimum absolute atomic E-state index is 0.0315. The molecule has 186 valence electrons. The van der Waals surface area contributed by atoms with Gasteiger partial charge >= 0.3 is 6.18 Å². The SMILES string of the molecule is Cn1cnc(S(=O)(=O)N2CC(NC(=O)c3ccc(C(F)(F)F)cc3Cl)C(c3ccc(F)cc3)C2)c1. The quantitative estimate of drug-likeness (QED) is 0.508. The highest BCUT2D eigenvalue weighted by atomic mass is 35.5. The molecule has 0 saturated carbocycles. The molecule has 0 spiro atoms. The van der Waals surface area contributed by atoms with E-state index in [0.29, 0.717) is 11.6 Å². The van der Waals surface area contributed by atoms with E-state index >= 15 is 0 Å². The number of aryl methyl sites for hydroxylation is 1. The standard InChI is InChI=1S/C22H19ClF4N4O3S/c1-30-11-20(28-12-30)35(33,34)31-9-17(13-2-5-15(24)6-3-13)19(10-31)29-21(32)16-7-4-14(8-18(16)23)22(25,26)27/h2-8,11-12,17,19H,9-10H2,1H3,(H,29,32). The van der Waals surface area contributed by atoms with E-state index in [1.165, 1.54) is 41.4 Å². The molecule has 1 aliphatic heterocycles. The zero-order valence-corrected chi connectivity index (χ0v) is 19.7. The number of carbonyl (C=O) groups excluding carboxylic acids is 1. The van der Waals surface area contributed by atoms with Crippen LogP contribution >= 0.6 is 11.6 Å². The third-order valence-corrected chi connectivity index (χ3v) is 7.76. The van der Waals surface area contributed by atoms with Crippen LogP contribution in [-0.2, 0) is 23.2 Å². The highest BCUT2D eigenvalue weighted by Gasteiger charge is 2.42. The molecule has 7 nitrogen and oxygen atoms in total. The van der Waals surface area contributed by atoms with Crippen LogP contribution in [0.3, 0.4) is 0 Å². The van der Waals surface area contributed by atoms with Crippen LogP contribution in [0.4, 0.5) is 17.6 Å². The van der Waals surface area contributed by atoms with E-state index in [1.807, 2.05) is 0 Å². The van der Waals surface area contributed by atoms with Crippen molar-refractivity contribution in [3.05, 3.63) is 82.5 Å². The summed E-state index contributed by atoms with van der Waals surface area (Å²) in [5, 5.41) is 2.12. The molecule has 13 heteroatoms. The molecule has 0 aliphatic carbocycles. The van der Waals surface area contributed by atoms with Gasteiger partial charge in [-0.2, -0.15) is 17.5 Å². The van der Waals surface area contributed by atoms with E-state index in [9.17, 15) is 30.8 Å². The fraction of sp³-hybridized carbons (Fsp3) is 0.273. The Kier molecular flexibility index (Phi) is 6.64. The van der Waals surface area contributed by atoms with Crippen LogP contribution in [-0.4, -0.2) is 47.3 Å². The lowest BCUT2D eigenvalue weighted by molar-refractivity contribution is -0.137. The summed E-state index contributed by atoms with van der Waals surface area (Å²) >= 11 is 5.95. The summed E-state index contributed by atoms with van der Waals surface area (Å²) in [4.78, 5) is 16.8. The van der Waals surface area contributed by atoms with Crippen LogP contribution in [0.15, 0.2) is 60.0 Å². The number of rotatable bonds is 5. The number of benzene rings is 2. The van der Waals surface area contributed by atoms with Crippen molar-refractivity contribution in [1.82, 2.24) is 19.2 Å². The van der Waals surface area contributed by atoms with Crippen molar-refractivity contribution in [1.29, 1.82) is 0 Å². The first kappa shape index (κ1) is 25.1. The first-order valence-electron chi connectivity index (χ1n) is 10.3. The van der Waals surface area contributed by atoms with Gasteiger partial charge in [-0.1, -0.05) is 23.7 Å². The second-order valence-electron chi connectivity index (χ2n) is 8.13. The van der Waals surface area contributed by atoms with Gasteiger partial charge in [-0.25, -0.2) is 17.8 Å². The van der Waals surface area contributed by atoms with Crippen LogP contribution in [0, 0.1) is 5.82 Å². The second-order valence-corrected chi connectivity index (χ2v) is 10.4. The van der Waals surface area contributed by atoms with Crippen LogP contribution < -0.4 is 5.32 Å². The number of amides is 1. The van der Waals surface area contributed by atoms with Gasteiger partial charge in [0.15, 0.2) is 5.03 Å². The van der Waals surface area contributed by atoms with Gasteiger partial charge in [0.25, 0.3) is 15.9 Å². The Hall–Kier alpha value is -2.96. The summed E-state index contributed by atoms with van der Waals surface area (Å²) in [5.41, 5.74) is -0.616. The first-order chi connectivity index (χ1) is 16.4. The Morgan fingerprint density at radius 1 is 1.14 bits per heavy atom. The van der Waals surface area contributed by atoms with Crippen molar-refractivity contribution >= 4 is 27.5 Å². The highest BCUT2D eigenvalue weighted by molar-refractivity contribution is 7.89. The average Bonchev–Trinajstić information content (AvgIpc) is 3.41. The van der Waals surface area contributed by atoms with Gasteiger partial charge < -0.3 is 9.88 Å². The molecule has 2 aromatic carbocycles. The molecule has 1 fully saturated rings. The molecule has 3 aromatic rings. The molecule has 0 radical (unpaired) electrons. The van der Waals surface area contributed by atoms with E-state index in [2.05, 4.69) is 10.3 Å². The number of halogens is 5. The lowest BCUT2D eigenvalue weighted by Crippen LogP contribution is -2.40. The third-order valence-electron chi connectivity index (χ3n) is 5.73. The molecule has 4 rings (SSSR count). The van der Waals surface area contributed by atoms with Crippen molar-refractivity contribution < 1.29 is 30.8 Å². The summed E-state index contributed by atoms with van der Waals surface area (Å²) < 4.78 is 81.1. The van der Waals surface area contributed by atoms with Gasteiger partial charge in [0.2, 0.25) is 0 Å². The van der Waals surface area contributed by atoms with Gasteiger partial charge in [-0.05, 0) is 35.9 Å². The third kappa shape index (κ3) is 5.19. The Balaban J connectivity index is 1.63. The van der Waals surface area contributed by atoms with Crippen molar-refractivity contribution in [2.75, 3.05) is 13.1 Å². The van der Waals surface area contributed by atoms with Crippen molar-refractivity contribution in [3.8, 4) is 0 Å². The van der Waals surface area contributed by atoms with Gasteiger partial charge in [0.05, 0.1) is 28.5 Å². The second kappa shape index (κ2) is 9.25. The molecule has 1 saturated heterocycles. The lowest BCUT2D eigenvalue weighted by Gasteiger charge is -2.21. The normalized spacial score (nSPS) is 19.1. The Labute approximate surface area is 203 Å². The van der Waals surface area contributed by atoms with Crippen LogP contribution in [0.25, 0.3) is 0 Å². The molecule has 35 heavy (non-hydrogen) atoms. The molecule has 2 unspecified atom stereocenters. The van der Waals surface area contributed by atoms with Crippen LogP contribution in [0.5, 0.6) is 0 Å². The van der Waals surface area contributed by atoms with Crippen LogP contribution in [0.1, 0.15) is 27.4 Å². The molecular weight excluding hydrogens is 512 g/mol.